The average Bonchev–Trinajstić information content (AvgIpc) is 2.37. The summed E-state index contributed by atoms with van der Waals surface area (Å²) < 4.78 is 4.84. The molecule has 0 spiro atoms. The highest BCUT2D eigenvalue weighted by Gasteiger charge is 2.17. The third kappa shape index (κ3) is 4.88. The van der Waals surface area contributed by atoms with Gasteiger partial charge in [0.1, 0.15) is 0 Å². The van der Waals surface area contributed by atoms with E-state index in [0.29, 0.717) is 19.6 Å². The van der Waals surface area contributed by atoms with Crippen LogP contribution in [0.5, 0.6) is 0 Å². The van der Waals surface area contributed by atoms with Crippen LogP contribution in [0.2, 0.25) is 10.0 Å². The van der Waals surface area contributed by atoms with Gasteiger partial charge in [-0.15, -0.1) is 0 Å². The maximum absolute atomic E-state index is 11.6. The summed E-state index contributed by atoms with van der Waals surface area (Å²) in [7, 11) is 1.56. The fraction of sp³-hybridized carbons (Fsp3) is 0.333. The molecule has 0 saturated heterocycles. The van der Waals surface area contributed by atoms with Gasteiger partial charge in [-0.05, 0) is 18.6 Å². The fourth-order valence-corrected chi connectivity index (χ4v) is 1.99. The number of amides is 2. The molecule has 1 rings (SSSR count). The number of ether oxygens (including phenoxy) is 1. The Morgan fingerprint density at radius 1 is 1.35 bits per heavy atom. The van der Waals surface area contributed by atoms with Gasteiger partial charge < -0.3 is 20.5 Å². The van der Waals surface area contributed by atoms with Crippen LogP contribution in [0.25, 0.3) is 0 Å². The molecule has 0 aliphatic carbocycles. The summed E-state index contributed by atoms with van der Waals surface area (Å²) in [5.74, 6) is -1.23. The molecule has 0 aromatic heterocycles. The van der Waals surface area contributed by atoms with E-state index < -0.39 is 12.0 Å². The number of nitrogens with one attached hydrogen (secondary N) is 2. The van der Waals surface area contributed by atoms with E-state index in [1.807, 2.05) is 0 Å². The summed E-state index contributed by atoms with van der Waals surface area (Å²) in [5, 5.41) is 14.3. The summed E-state index contributed by atoms with van der Waals surface area (Å²) in [4.78, 5) is 22.7. The van der Waals surface area contributed by atoms with Gasteiger partial charge >= 0.3 is 12.0 Å². The van der Waals surface area contributed by atoms with E-state index in [9.17, 15) is 9.59 Å². The second kappa shape index (κ2) is 7.94. The number of urea groups is 1. The summed E-state index contributed by atoms with van der Waals surface area (Å²) in [6.07, 6.45) is 0.643. The zero-order valence-electron chi connectivity index (χ0n) is 10.7. The standard InChI is InChI=1S/C12H14Cl2N2O4/c1-20-4-2-3-15-12(19)16-10-8(11(17)18)5-7(13)6-9(10)14/h5-6H,2-4H2,1H3,(H,17,18)(H2,15,16,19). The predicted molar refractivity (Wildman–Crippen MR) is 76.9 cm³/mol. The van der Waals surface area contributed by atoms with Crippen molar-refractivity contribution in [1.29, 1.82) is 0 Å². The second-order valence-electron chi connectivity index (χ2n) is 3.84. The van der Waals surface area contributed by atoms with Crippen LogP contribution >= 0.6 is 23.2 Å². The van der Waals surface area contributed by atoms with Crippen LogP contribution in [0, 0.1) is 0 Å². The van der Waals surface area contributed by atoms with Gasteiger partial charge in [-0.1, -0.05) is 23.2 Å². The zero-order valence-corrected chi connectivity index (χ0v) is 12.2. The molecule has 0 unspecified atom stereocenters. The lowest BCUT2D eigenvalue weighted by Gasteiger charge is -2.12. The highest BCUT2D eigenvalue weighted by atomic mass is 35.5. The number of benzene rings is 1. The number of hydrogen-bond acceptors (Lipinski definition) is 3. The molecule has 0 aliphatic heterocycles. The molecule has 2 amide bonds. The van der Waals surface area contributed by atoms with Gasteiger partial charge in [-0.3, -0.25) is 0 Å². The first-order valence-corrected chi connectivity index (χ1v) is 6.47. The minimum Gasteiger partial charge on any atom is -0.478 e. The Bertz CT molecular complexity index is 508. The molecule has 0 aliphatic rings. The summed E-state index contributed by atoms with van der Waals surface area (Å²) in [6.45, 7) is 0.912. The molecule has 0 bridgehead atoms. The Hall–Kier alpha value is -1.50. The van der Waals surface area contributed by atoms with Crippen molar-refractivity contribution >= 4 is 40.9 Å². The molecule has 0 heterocycles. The quantitative estimate of drug-likeness (QED) is 0.703. The minimum atomic E-state index is -1.23. The number of methoxy groups -OCH3 is 1. The Balaban J connectivity index is 2.76. The first-order valence-electron chi connectivity index (χ1n) is 5.71. The molecule has 0 saturated carbocycles. The monoisotopic (exact) mass is 320 g/mol. The maximum atomic E-state index is 11.6. The van der Waals surface area contributed by atoms with Gasteiger partial charge in [0.2, 0.25) is 0 Å². The normalized spacial score (nSPS) is 10.2. The molecule has 0 fully saturated rings. The third-order valence-corrected chi connectivity index (χ3v) is 2.85. The summed E-state index contributed by atoms with van der Waals surface area (Å²) in [6, 6.07) is 2.03. The van der Waals surface area contributed by atoms with Gasteiger partial charge in [0.25, 0.3) is 0 Å². The molecule has 1 aromatic carbocycles. The van der Waals surface area contributed by atoms with Crippen LogP contribution in [0.4, 0.5) is 10.5 Å². The topological polar surface area (TPSA) is 87.7 Å². The Morgan fingerprint density at radius 3 is 2.65 bits per heavy atom. The average molecular weight is 321 g/mol. The smallest absolute Gasteiger partial charge is 0.337 e. The highest BCUT2D eigenvalue weighted by Crippen LogP contribution is 2.30. The number of halogens is 2. The van der Waals surface area contributed by atoms with Crippen LogP contribution in [-0.2, 0) is 4.74 Å². The van der Waals surface area contributed by atoms with Gasteiger partial charge in [-0.25, -0.2) is 9.59 Å². The number of carboxylic acids is 1. The van der Waals surface area contributed by atoms with Crippen LogP contribution < -0.4 is 10.6 Å². The van der Waals surface area contributed by atoms with Crippen LogP contribution in [-0.4, -0.2) is 37.4 Å². The third-order valence-electron chi connectivity index (χ3n) is 2.33. The fourth-order valence-electron chi connectivity index (χ4n) is 1.45. The van der Waals surface area contributed by atoms with Crippen molar-refractivity contribution in [3.63, 3.8) is 0 Å². The zero-order chi connectivity index (χ0) is 15.1. The predicted octanol–water partition coefficient (Wildman–Crippen LogP) is 2.85. The molecule has 6 nitrogen and oxygen atoms in total. The largest absolute Gasteiger partial charge is 0.478 e. The van der Waals surface area contributed by atoms with E-state index in [2.05, 4.69) is 10.6 Å². The SMILES string of the molecule is COCCCNC(=O)Nc1c(Cl)cc(Cl)cc1C(=O)O. The van der Waals surface area contributed by atoms with E-state index >= 15 is 0 Å². The van der Waals surface area contributed by atoms with E-state index in [4.69, 9.17) is 33.0 Å². The summed E-state index contributed by atoms with van der Waals surface area (Å²) in [5.41, 5.74) is -0.164. The van der Waals surface area contributed by atoms with Gasteiger partial charge in [-0.2, -0.15) is 0 Å². The first kappa shape index (κ1) is 16.6. The molecule has 8 heteroatoms. The number of anilines is 1. The van der Waals surface area contributed by atoms with E-state index in [1.54, 1.807) is 7.11 Å². The number of rotatable bonds is 6. The van der Waals surface area contributed by atoms with Crippen LogP contribution in [0.3, 0.4) is 0 Å². The Labute approximate surface area is 126 Å². The van der Waals surface area contributed by atoms with Crippen molar-refractivity contribution in [1.82, 2.24) is 5.32 Å². The number of aromatic carboxylic acids is 1. The lowest BCUT2D eigenvalue weighted by Crippen LogP contribution is -2.30. The first-order chi connectivity index (χ1) is 9.45. The van der Waals surface area contributed by atoms with Crippen LogP contribution in [0.15, 0.2) is 12.1 Å². The maximum Gasteiger partial charge on any atom is 0.337 e. The molecule has 110 valence electrons. The van der Waals surface area contributed by atoms with Crippen molar-refractivity contribution in [3.05, 3.63) is 27.7 Å². The van der Waals surface area contributed by atoms with E-state index in [1.165, 1.54) is 12.1 Å². The van der Waals surface area contributed by atoms with E-state index in [0.717, 1.165) is 0 Å². The van der Waals surface area contributed by atoms with E-state index in [-0.39, 0.29) is 21.3 Å². The van der Waals surface area contributed by atoms with Crippen molar-refractivity contribution in [3.8, 4) is 0 Å². The summed E-state index contributed by atoms with van der Waals surface area (Å²) >= 11 is 11.6. The highest BCUT2D eigenvalue weighted by molar-refractivity contribution is 6.37. The number of carbonyl (C=O) groups excluding carboxylic acids is 1. The van der Waals surface area contributed by atoms with Crippen molar-refractivity contribution in [2.45, 2.75) is 6.42 Å². The lowest BCUT2D eigenvalue weighted by molar-refractivity contribution is 0.0698. The van der Waals surface area contributed by atoms with Gasteiger partial charge in [0.05, 0.1) is 16.3 Å². The Morgan fingerprint density at radius 2 is 2.05 bits per heavy atom. The number of carbonyl (C=O) groups is 2. The number of hydrogen-bond donors (Lipinski definition) is 3. The molecule has 1 aromatic rings. The molecule has 3 N–H and O–H groups in total. The second-order valence-corrected chi connectivity index (χ2v) is 4.69. The number of carboxylic acid groups (broad SMARTS) is 1. The lowest BCUT2D eigenvalue weighted by atomic mass is 10.2. The molecule has 20 heavy (non-hydrogen) atoms. The molecule has 0 atom stereocenters. The van der Waals surface area contributed by atoms with Gasteiger partial charge in [0, 0.05) is 25.3 Å². The van der Waals surface area contributed by atoms with Crippen molar-refractivity contribution in [2.24, 2.45) is 0 Å². The Kier molecular flexibility index (Phi) is 6.57. The van der Waals surface area contributed by atoms with Crippen LogP contribution in [0.1, 0.15) is 16.8 Å². The molecular weight excluding hydrogens is 307 g/mol. The molecule has 0 radical (unpaired) electrons. The van der Waals surface area contributed by atoms with Crippen molar-refractivity contribution in [2.75, 3.05) is 25.6 Å². The van der Waals surface area contributed by atoms with Gasteiger partial charge in [0.15, 0.2) is 0 Å². The van der Waals surface area contributed by atoms with Crippen molar-refractivity contribution < 1.29 is 19.4 Å². The minimum absolute atomic E-state index is 0.00723. The molecular formula is C12H14Cl2N2O4.